The zero-order chi connectivity index (χ0) is 13.4. The molecule has 3 aliphatic rings. The summed E-state index contributed by atoms with van der Waals surface area (Å²) in [7, 11) is 0. The van der Waals surface area contributed by atoms with Crippen molar-refractivity contribution in [1.29, 1.82) is 0 Å². The summed E-state index contributed by atoms with van der Waals surface area (Å²) < 4.78 is 0. The molecule has 2 N–H and O–H groups in total. The second kappa shape index (κ2) is 3.32. The Bertz CT molecular complexity index is 373. The third-order valence-corrected chi connectivity index (χ3v) is 7.41. The molecular formula is C16H28O2. The molecule has 0 aromatic rings. The van der Waals surface area contributed by atoms with Crippen LogP contribution in [0, 0.1) is 22.2 Å². The van der Waals surface area contributed by atoms with Gasteiger partial charge >= 0.3 is 0 Å². The highest BCUT2D eigenvalue weighted by Gasteiger charge is 2.73. The first kappa shape index (κ1) is 12.9. The van der Waals surface area contributed by atoms with Gasteiger partial charge in [-0.15, -0.1) is 0 Å². The highest BCUT2D eigenvalue weighted by molar-refractivity contribution is 5.22. The van der Waals surface area contributed by atoms with Gasteiger partial charge in [0.25, 0.3) is 0 Å². The van der Waals surface area contributed by atoms with Crippen LogP contribution < -0.4 is 0 Å². The lowest BCUT2D eigenvalue weighted by molar-refractivity contribution is -0.130. The predicted molar refractivity (Wildman–Crippen MR) is 72.1 cm³/mol. The quantitative estimate of drug-likeness (QED) is 0.695. The summed E-state index contributed by atoms with van der Waals surface area (Å²) in [4.78, 5) is 0. The van der Waals surface area contributed by atoms with Crippen LogP contribution in [0.2, 0.25) is 0 Å². The molecule has 0 heterocycles. The molecule has 5 atom stereocenters. The van der Waals surface area contributed by atoms with Gasteiger partial charge in [0.05, 0.1) is 11.7 Å². The Kier molecular flexibility index (Phi) is 2.39. The highest BCUT2D eigenvalue weighted by atomic mass is 16.3. The second-order valence-electron chi connectivity index (χ2n) is 8.29. The molecule has 3 fully saturated rings. The van der Waals surface area contributed by atoms with Crippen LogP contribution in [0.15, 0.2) is 0 Å². The second-order valence-corrected chi connectivity index (χ2v) is 8.29. The third kappa shape index (κ3) is 1.17. The van der Waals surface area contributed by atoms with E-state index in [1.165, 1.54) is 25.7 Å². The summed E-state index contributed by atoms with van der Waals surface area (Å²) >= 11 is 0. The zero-order valence-corrected chi connectivity index (χ0v) is 12.3. The molecule has 0 unspecified atom stereocenters. The van der Waals surface area contributed by atoms with Gasteiger partial charge in [-0.2, -0.15) is 0 Å². The summed E-state index contributed by atoms with van der Waals surface area (Å²) in [6, 6.07) is 0. The number of rotatable bonds is 0. The Hall–Kier alpha value is -0.0800. The van der Waals surface area contributed by atoms with Crippen LogP contribution in [0.3, 0.4) is 0 Å². The van der Waals surface area contributed by atoms with Gasteiger partial charge < -0.3 is 10.2 Å². The van der Waals surface area contributed by atoms with E-state index in [2.05, 4.69) is 20.8 Å². The van der Waals surface area contributed by atoms with E-state index in [0.29, 0.717) is 11.3 Å². The first-order chi connectivity index (χ1) is 8.17. The first-order valence-electron chi connectivity index (χ1n) is 7.58. The SMILES string of the molecule is CC1(C)CCC[C@@]23C[C@@H](O)[C@@](C)(O)[C@]2(C)CC[C@H]13. The minimum atomic E-state index is -0.908. The van der Waals surface area contributed by atoms with E-state index in [1.807, 2.05) is 6.92 Å². The van der Waals surface area contributed by atoms with Crippen molar-refractivity contribution in [2.75, 3.05) is 0 Å². The molecule has 0 aliphatic heterocycles. The molecule has 0 aromatic heterocycles. The van der Waals surface area contributed by atoms with Gasteiger partial charge in [-0.3, -0.25) is 0 Å². The molecule has 104 valence electrons. The standard InChI is InChI=1S/C16H28O2/c1-13(2)7-5-8-16-10-12(17)15(4,18)14(16,3)9-6-11(13)16/h11-12,17-18H,5-10H2,1-4H3/t11-,12-,14+,15-,16+/m1/s1. The van der Waals surface area contributed by atoms with Crippen molar-refractivity contribution in [3.8, 4) is 0 Å². The van der Waals surface area contributed by atoms with Gasteiger partial charge in [0.1, 0.15) is 0 Å². The lowest BCUT2D eigenvalue weighted by Gasteiger charge is -2.54. The normalized spacial score (nSPS) is 58.3. The van der Waals surface area contributed by atoms with Crippen molar-refractivity contribution in [1.82, 2.24) is 0 Å². The molecule has 3 rings (SSSR count). The molecule has 2 nitrogen and oxygen atoms in total. The van der Waals surface area contributed by atoms with Crippen molar-refractivity contribution < 1.29 is 10.2 Å². The topological polar surface area (TPSA) is 40.5 Å². The van der Waals surface area contributed by atoms with Crippen molar-refractivity contribution in [2.24, 2.45) is 22.2 Å². The molecule has 3 aliphatic carbocycles. The van der Waals surface area contributed by atoms with Crippen molar-refractivity contribution in [2.45, 2.75) is 77.9 Å². The van der Waals surface area contributed by atoms with E-state index in [4.69, 9.17) is 0 Å². The lowest BCUT2D eigenvalue weighted by atomic mass is 9.51. The molecule has 2 heteroatoms. The van der Waals surface area contributed by atoms with E-state index in [1.54, 1.807) is 0 Å². The van der Waals surface area contributed by atoms with Crippen LogP contribution in [0.25, 0.3) is 0 Å². The third-order valence-electron chi connectivity index (χ3n) is 7.41. The van der Waals surface area contributed by atoms with Crippen LogP contribution in [0.1, 0.15) is 66.2 Å². The van der Waals surface area contributed by atoms with E-state index in [9.17, 15) is 10.2 Å². The number of hydrogen-bond donors (Lipinski definition) is 2. The van der Waals surface area contributed by atoms with Crippen molar-refractivity contribution in [3.05, 3.63) is 0 Å². The molecule has 0 bridgehead atoms. The molecule has 1 spiro atoms. The number of aliphatic hydroxyl groups excluding tert-OH is 1. The van der Waals surface area contributed by atoms with Crippen LogP contribution >= 0.6 is 0 Å². The Morgan fingerprint density at radius 2 is 1.67 bits per heavy atom. The molecule has 0 amide bonds. The fourth-order valence-corrected chi connectivity index (χ4v) is 6.10. The Labute approximate surface area is 111 Å². The molecular weight excluding hydrogens is 224 g/mol. The fraction of sp³-hybridized carbons (Fsp3) is 1.00. The van der Waals surface area contributed by atoms with E-state index in [0.717, 1.165) is 12.8 Å². The van der Waals surface area contributed by atoms with Gasteiger partial charge in [0.2, 0.25) is 0 Å². The van der Waals surface area contributed by atoms with Crippen LogP contribution in [-0.4, -0.2) is 21.9 Å². The molecule has 0 saturated heterocycles. The van der Waals surface area contributed by atoms with E-state index >= 15 is 0 Å². The maximum atomic E-state index is 10.8. The molecule has 18 heavy (non-hydrogen) atoms. The highest BCUT2D eigenvalue weighted by Crippen LogP contribution is 2.75. The van der Waals surface area contributed by atoms with Crippen LogP contribution in [0.4, 0.5) is 0 Å². The van der Waals surface area contributed by atoms with Gasteiger partial charge in [-0.1, -0.05) is 27.2 Å². The summed E-state index contributed by atoms with van der Waals surface area (Å²) in [5.41, 5.74) is -0.454. The smallest absolute Gasteiger partial charge is 0.0936 e. The van der Waals surface area contributed by atoms with Gasteiger partial charge in [0, 0.05) is 5.41 Å². The van der Waals surface area contributed by atoms with E-state index < -0.39 is 11.7 Å². The summed E-state index contributed by atoms with van der Waals surface area (Å²) in [6.45, 7) is 8.90. The predicted octanol–water partition coefficient (Wildman–Crippen LogP) is 3.11. The monoisotopic (exact) mass is 252 g/mol. The minimum absolute atomic E-state index is 0.0955. The van der Waals surface area contributed by atoms with Crippen molar-refractivity contribution >= 4 is 0 Å². The van der Waals surface area contributed by atoms with Gasteiger partial charge in [-0.05, 0) is 55.8 Å². The van der Waals surface area contributed by atoms with E-state index in [-0.39, 0.29) is 10.8 Å². The molecule has 0 radical (unpaired) electrons. The summed E-state index contributed by atoms with van der Waals surface area (Å²) in [5.74, 6) is 0.673. The van der Waals surface area contributed by atoms with Gasteiger partial charge in [-0.25, -0.2) is 0 Å². The fourth-order valence-electron chi connectivity index (χ4n) is 6.10. The van der Waals surface area contributed by atoms with Crippen molar-refractivity contribution in [3.63, 3.8) is 0 Å². The first-order valence-corrected chi connectivity index (χ1v) is 7.58. The largest absolute Gasteiger partial charge is 0.390 e. The minimum Gasteiger partial charge on any atom is -0.390 e. The average molecular weight is 252 g/mol. The zero-order valence-electron chi connectivity index (χ0n) is 12.3. The maximum Gasteiger partial charge on any atom is 0.0936 e. The maximum absolute atomic E-state index is 10.8. The average Bonchev–Trinajstić information content (AvgIpc) is 2.60. The molecule has 0 aromatic carbocycles. The molecule has 3 saturated carbocycles. The Balaban J connectivity index is 2.11. The lowest BCUT2D eigenvalue weighted by Crippen LogP contribution is -2.52. The number of hydrogen-bond acceptors (Lipinski definition) is 2. The summed E-state index contributed by atoms with van der Waals surface area (Å²) in [6.07, 6.45) is 6.32. The number of aliphatic hydroxyl groups is 2. The Morgan fingerprint density at radius 3 is 2.33 bits per heavy atom. The van der Waals surface area contributed by atoms with Crippen LogP contribution in [0.5, 0.6) is 0 Å². The van der Waals surface area contributed by atoms with Gasteiger partial charge in [0.15, 0.2) is 0 Å². The Morgan fingerprint density at radius 1 is 1.00 bits per heavy atom. The van der Waals surface area contributed by atoms with Crippen LogP contribution in [-0.2, 0) is 0 Å². The summed E-state index contributed by atoms with van der Waals surface area (Å²) in [5, 5.41) is 21.2.